The molecule has 126 valence electrons. The number of benzene rings is 1. The van der Waals surface area contributed by atoms with Gasteiger partial charge >= 0.3 is 12.6 Å². The van der Waals surface area contributed by atoms with Crippen molar-refractivity contribution in [2.75, 3.05) is 6.54 Å². The lowest BCUT2D eigenvalue weighted by Crippen LogP contribution is -2.43. The van der Waals surface area contributed by atoms with Crippen LogP contribution in [0.1, 0.15) is 30.9 Å². The van der Waals surface area contributed by atoms with Crippen molar-refractivity contribution in [3.05, 3.63) is 42.0 Å². The van der Waals surface area contributed by atoms with E-state index in [1.165, 1.54) is 24.3 Å². The first-order valence-electron chi connectivity index (χ1n) is 7.48. The molecular formula is C16H20F2N2O3. The highest BCUT2D eigenvalue weighted by Gasteiger charge is 2.14. The molecule has 0 saturated carbocycles. The Kier molecular flexibility index (Phi) is 6.34. The number of allylic oxidation sites excluding steroid dienone is 1. The average molecular weight is 326 g/mol. The second kappa shape index (κ2) is 8.47. The highest BCUT2D eigenvalue weighted by Crippen LogP contribution is 2.19. The van der Waals surface area contributed by atoms with E-state index in [0.717, 1.165) is 19.3 Å². The fourth-order valence-corrected chi connectivity index (χ4v) is 2.33. The van der Waals surface area contributed by atoms with Gasteiger partial charge in [-0.25, -0.2) is 4.79 Å². The lowest BCUT2D eigenvalue weighted by molar-refractivity contribution is -0.0498. The molecule has 0 fully saturated rings. The van der Waals surface area contributed by atoms with Crippen LogP contribution in [0, 0.1) is 0 Å². The number of aliphatic hydroxyl groups is 1. The van der Waals surface area contributed by atoms with Crippen molar-refractivity contribution >= 4 is 6.03 Å². The summed E-state index contributed by atoms with van der Waals surface area (Å²) in [7, 11) is 0. The number of hydrogen-bond donors (Lipinski definition) is 3. The molecule has 0 heterocycles. The van der Waals surface area contributed by atoms with Gasteiger partial charge in [-0.15, -0.1) is 0 Å². The third kappa shape index (κ3) is 5.86. The monoisotopic (exact) mass is 326 g/mol. The van der Waals surface area contributed by atoms with Crippen LogP contribution in [0.3, 0.4) is 0 Å². The average Bonchev–Trinajstić information content (AvgIpc) is 2.54. The van der Waals surface area contributed by atoms with E-state index in [1.54, 1.807) is 0 Å². The SMILES string of the molecule is O=C(NCC(O)c1ccc(OC(F)F)cc1)NC1C=CCCC1. The molecule has 2 amide bonds. The number of aliphatic hydroxyl groups excluding tert-OH is 1. The summed E-state index contributed by atoms with van der Waals surface area (Å²) < 4.78 is 28.3. The van der Waals surface area contributed by atoms with Crippen molar-refractivity contribution in [1.29, 1.82) is 0 Å². The highest BCUT2D eigenvalue weighted by molar-refractivity contribution is 5.74. The van der Waals surface area contributed by atoms with Gasteiger partial charge in [-0.05, 0) is 37.0 Å². The maximum absolute atomic E-state index is 12.1. The Labute approximate surface area is 133 Å². The fourth-order valence-electron chi connectivity index (χ4n) is 2.33. The molecule has 5 nitrogen and oxygen atoms in total. The van der Waals surface area contributed by atoms with Gasteiger partial charge in [0.15, 0.2) is 0 Å². The van der Waals surface area contributed by atoms with E-state index in [0.29, 0.717) is 5.56 Å². The Hall–Kier alpha value is -2.15. The summed E-state index contributed by atoms with van der Waals surface area (Å²) >= 11 is 0. The molecule has 0 bridgehead atoms. The quantitative estimate of drug-likeness (QED) is 0.704. The highest BCUT2D eigenvalue weighted by atomic mass is 19.3. The Morgan fingerprint density at radius 1 is 1.35 bits per heavy atom. The molecule has 0 spiro atoms. The van der Waals surface area contributed by atoms with Gasteiger partial charge in [0.05, 0.1) is 6.10 Å². The third-order valence-electron chi connectivity index (χ3n) is 3.52. The normalized spacial score (nSPS) is 18.5. The maximum Gasteiger partial charge on any atom is 0.387 e. The Bertz CT molecular complexity index is 535. The van der Waals surface area contributed by atoms with Gasteiger partial charge in [0.2, 0.25) is 0 Å². The van der Waals surface area contributed by atoms with E-state index in [1.807, 2.05) is 12.2 Å². The van der Waals surface area contributed by atoms with E-state index in [9.17, 15) is 18.7 Å². The zero-order chi connectivity index (χ0) is 16.7. The van der Waals surface area contributed by atoms with Crippen LogP contribution in [0.15, 0.2) is 36.4 Å². The van der Waals surface area contributed by atoms with Crippen LogP contribution < -0.4 is 15.4 Å². The minimum Gasteiger partial charge on any atom is -0.435 e. The number of alkyl halides is 2. The molecule has 0 aliphatic heterocycles. The van der Waals surface area contributed by atoms with Crippen molar-refractivity contribution < 1.29 is 23.4 Å². The van der Waals surface area contributed by atoms with Gasteiger partial charge in [0, 0.05) is 12.6 Å². The zero-order valence-electron chi connectivity index (χ0n) is 12.5. The minimum absolute atomic E-state index is 0.0192. The molecule has 3 N–H and O–H groups in total. The number of rotatable bonds is 6. The van der Waals surface area contributed by atoms with Gasteiger partial charge < -0.3 is 20.5 Å². The molecule has 1 aliphatic rings. The number of carbonyl (C=O) groups excluding carboxylic acids is 1. The number of halogens is 2. The molecule has 0 saturated heterocycles. The summed E-state index contributed by atoms with van der Waals surface area (Å²) in [6.45, 7) is -2.86. The van der Waals surface area contributed by atoms with Crippen molar-refractivity contribution in [3.63, 3.8) is 0 Å². The number of nitrogens with one attached hydrogen (secondary N) is 2. The number of urea groups is 1. The molecular weight excluding hydrogens is 306 g/mol. The smallest absolute Gasteiger partial charge is 0.387 e. The molecule has 1 aromatic carbocycles. The van der Waals surface area contributed by atoms with Gasteiger partial charge in [-0.2, -0.15) is 8.78 Å². The molecule has 2 atom stereocenters. The standard InChI is InChI=1S/C16H20F2N2O3/c17-15(18)23-13-8-6-11(7-9-13)14(21)10-19-16(22)20-12-4-2-1-3-5-12/h2,4,6-9,12,14-15,21H,1,3,5,10H2,(H2,19,20,22). The van der Waals surface area contributed by atoms with Crippen molar-refractivity contribution in [2.24, 2.45) is 0 Å². The van der Waals surface area contributed by atoms with Crippen molar-refractivity contribution in [1.82, 2.24) is 10.6 Å². The summed E-state index contributed by atoms with van der Waals surface area (Å²) in [5, 5.41) is 15.4. The van der Waals surface area contributed by atoms with E-state index >= 15 is 0 Å². The van der Waals surface area contributed by atoms with Gasteiger partial charge in [-0.3, -0.25) is 0 Å². The summed E-state index contributed by atoms with van der Waals surface area (Å²) in [6.07, 6.45) is 6.04. The molecule has 2 unspecified atom stereocenters. The van der Waals surface area contributed by atoms with Crippen LogP contribution in [0.4, 0.5) is 13.6 Å². The van der Waals surface area contributed by atoms with E-state index in [4.69, 9.17) is 0 Å². The predicted molar refractivity (Wildman–Crippen MR) is 81.3 cm³/mol. The van der Waals surface area contributed by atoms with Crippen LogP contribution in [-0.2, 0) is 0 Å². The number of amides is 2. The summed E-state index contributed by atoms with van der Waals surface area (Å²) in [4.78, 5) is 11.8. The molecule has 23 heavy (non-hydrogen) atoms. The van der Waals surface area contributed by atoms with Gasteiger partial charge in [0.25, 0.3) is 0 Å². The summed E-state index contributed by atoms with van der Waals surface area (Å²) in [5.74, 6) is 0.0192. The molecule has 1 aliphatic carbocycles. The lowest BCUT2D eigenvalue weighted by Gasteiger charge is -2.19. The second-order valence-electron chi connectivity index (χ2n) is 5.28. The van der Waals surface area contributed by atoms with Gasteiger partial charge in [0.1, 0.15) is 5.75 Å². The molecule has 0 radical (unpaired) electrons. The van der Waals surface area contributed by atoms with Crippen LogP contribution in [0.5, 0.6) is 5.75 Å². The molecule has 2 rings (SSSR count). The van der Waals surface area contributed by atoms with Crippen LogP contribution in [-0.4, -0.2) is 30.3 Å². The Morgan fingerprint density at radius 2 is 2.09 bits per heavy atom. The Morgan fingerprint density at radius 3 is 2.70 bits per heavy atom. The van der Waals surface area contributed by atoms with Crippen molar-refractivity contribution in [2.45, 2.75) is 38.0 Å². The van der Waals surface area contributed by atoms with Crippen molar-refractivity contribution in [3.8, 4) is 5.75 Å². The molecule has 7 heteroatoms. The Balaban J connectivity index is 1.77. The third-order valence-corrected chi connectivity index (χ3v) is 3.52. The second-order valence-corrected chi connectivity index (χ2v) is 5.28. The minimum atomic E-state index is -2.88. The van der Waals surface area contributed by atoms with Gasteiger partial charge in [-0.1, -0.05) is 24.3 Å². The lowest BCUT2D eigenvalue weighted by atomic mass is 10.0. The van der Waals surface area contributed by atoms with Crippen LogP contribution in [0.2, 0.25) is 0 Å². The number of ether oxygens (including phenoxy) is 1. The maximum atomic E-state index is 12.1. The largest absolute Gasteiger partial charge is 0.435 e. The zero-order valence-corrected chi connectivity index (χ0v) is 12.5. The van der Waals surface area contributed by atoms with Crippen LogP contribution in [0.25, 0.3) is 0 Å². The van der Waals surface area contributed by atoms with Crippen LogP contribution >= 0.6 is 0 Å². The topological polar surface area (TPSA) is 70.6 Å². The van der Waals surface area contributed by atoms with E-state index < -0.39 is 12.7 Å². The summed E-state index contributed by atoms with van der Waals surface area (Å²) in [5.41, 5.74) is 0.504. The molecule has 1 aromatic rings. The predicted octanol–water partition coefficient (Wildman–Crippen LogP) is 2.73. The first-order valence-corrected chi connectivity index (χ1v) is 7.48. The van der Waals surface area contributed by atoms with E-state index in [-0.39, 0.29) is 24.4 Å². The summed E-state index contributed by atoms with van der Waals surface area (Å²) in [6, 6.07) is 5.32. The first-order chi connectivity index (χ1) is 11.0. The number of carbonyl (C=O) groups is 1. The number of hydrogen-bond acceptors (Lipinski definition) is 3. The first kappa shape index (κ1) is 17.2. The molecule has 0 aromatic heterocycles. The van der Waals surface area contributed by atoms with E-state index in [2.05, 4.69) is 15.4 Å². The fraction of sp³-hybridized carbons (Fsp3) is 0.438.